The van der Waals surface area contributed by atoms with E-state index in [4.69, 9.17) is 0 Å². The molecule has 0 aliphatic heterocycles. The summed E-state index contributed by atoms with van der Waals surface area (Å²) in [6.07, 6.45) is 0. The molecule has 66 valence electrons. The first kappa shape index (κ1) is 10.2. The average Bonchev–Trinajstić information content (AvgIpc) is 2.32. The van der Waals surface area contributed by atoms with Gasteiger partial charge in [0.1, 0.15) is 0 Å². The summed E-state index contributed by atoms with van der Waals surface area (Å²) in [5.74, 6) is 0.232. The topological polar surface area (TPSA) is 17.1 Å². The lowest BCUT2D eigenvalue weighted by molar-refractivity contribution is 0.0863. The Hall–Kier alpha value is 0.1000. The van der Waals surface area contributed by atoms with Gasteiger partial charge in [0.2, 0.25) is 0 Å². The average molecular weight is 294 g/mol. The van der Waals surface area contributed by atoms with E-state index in [0.29, 0.717) is 0 Å². The zero-order chi connectivity index (χ0) is 9.35. The van der Waals surface area contributed by atoms with Crippen LogP contribution >= 0.6 is 33.9 Å². The van der Waals surface area contributed by atoms with Crippen LogP contribution in [-0.2, 0) is 0 Å². The van der Waals surface area contributed by atoms with Crippen molar-refractivity contribution in [2.45, 2.75) is 20.8 Å². The van der Waals surface area contributed by atoms with E-state index in [-0.39, 0.29) is 11.2 Å². The molecule has 0 aromatic carbocycles. The van der Waals surface area contributed by atoms with Crippen LogP contribution in [-0.4, -0.2) is 5.78 Å². The molecule has 0 saturated heterocycles. The Kier molecular flexibility index (Phi) is 2.93. The number of hydrogen-bond donors (Lipinski definition) is 0. The highest BCUT2D eigenvalue weighted by atomic mass is 127. The van der Waals surface area contributed by atoms with E-state index >= 15 is 0 Å². The van der Waals surface area contributed by atoms with Crippen molar-refractivity contribution in [1.29, 1.82) is 0 Å². The van der Waals surface area contributed by atoms with E-state index in [1.165, 1.54) is 2.88 Å². The molecule has 0 amide bonds. The van der Waals surface area contributed by atoms with Gasteiger partial charge < -0.3 is 0 Å². The van der Waals surface area contributed by atoms with Gasteiger partial charge in [0, 0.05) is 5.41 Å². The molecule has 0 aliphatic carbocycles. The predicted octanol–water partition coefficient (Wildman–Crippen LogP) is 3.58. The highest BCUT2D eigenvalue weighted by molar-refractivity contribution is 14.1. The van der Waals surface area contributed by atoms with E-state index in [9.17, 15) is 4.79 Å². The van der Waals surface area contributed by atoms with Gasteiger partial charge >= 0.3 is 0 Å². The van der Waals surface area contributed by atoms with E-state index in [0.717, 1.165) is 4.88 Å². The van der Waals surface area contributed by atoms with Crippen molar-refractivity contribution in [3.63, 3.8) is 0 Å². The second-order valence-electron chi connectivity index (χ2n) is 3.68. The summed E-state index contributed by atoms with van der Waals surface area (Å²) in [4.78, 5) is 12.6. The van der Waals surface area contributed by atoms with Crippen molar-refractivity contribution in [2.75, 3.05) is 0 Å². The van der Waals surface area contributed by atoms with Gasteiger partial charge in [-0.05, 0) is 34.7 Å². The van der Waals surface area contributed by atoms with E-state index in [1.807, 2.05) is 32.9 Å². The molecule has 3 heteroatoms. The molecule has 0 unspecified atom stereocenters. The predicted molar refractivity (Wildman–Crippen MR) is 60.8 cm³/mol. The van der Waals surface area contributed by atoms with E-state index in [2.05, 4.69) is 22.6 Å². The number of hydrogen-bond acceptors (Lipinski definition) is 2. The lowest BCUT2D eigenvalue weighted by Crippen LogP contribution is -2.18. The smallest absolute Gasteiger partial charge is 0.178 e. The largest absolute Gasteiger partial charge is 0.293 e. The van der Waals surface area contributed by atoms with Crippen LogP contribution in [0.15, 0.2) is 12.1 Å². The van der Waals surface area contributed by atoms with Crippen molar-refractivity contribution < 1.29 is 4.79 Å². The Morgan fingerprint density at radius 2 is 2.00 bits per heavy atom. The second kappa shape index (κ2) is 3.46. The zero-order valence-electron chi connectivity index (χ0n) is 7.35. The lowest BCUT2D eigenvalue weighted by Gasteiger charge is -2.14. The van der Waals surface area contributed by atoms with Crippen LogP contribution in [0.2, 0.25) is 0 Å². The van der Waals surface area contributed by atoms with Crippen LogP contribution in [0.5, 0.6) is 0 Å². The summed E-state index contributed by atoms with van der Waals surface area (Å²) in [5, 5.41) is 0. The lowest BCUT2D eigenvalue weighted by atomic mass is 9.90. The molecule has 12 heavy (non-hydrogen) atoms. The number of thiophene rings is 1. The van der Waals surface area contributed by atoms with Crippen LogP contribution in [0.25, 0.3) is 0 Å². The fourth-order valence-electron chi connectivity index (χ4n) is 0.806. The van der Waals surface area contributed by atoms with Crippen LogP contribution in [0.3, 0.4) is 0 Å². The van der Waals surface area contributed by atoms with Crippen molar-refractivity contribution in [3.8, 4) is 0 Å². The van der Waals surface area contributed by atoms with Gasteiger partial charge in [-0.2, -0.15) is 0 Å². The van der Waals surface area contributed by atoms with Crippen molar-refractivity contribution in [3.05, 3.63) is 19.9 Å². The van der Waals surface area contributed by atoms with Gasteiger partial charge in [-0.1, -0.05) is 20.8 Å². The molecule has 0 bridgehead atoms. The summed E-state index contributed by atoms with van der Waals surface area (Å²) in [5.41, 5.74) is -0.256. The summed E-state index contributed by atoms with van der Waals surface area (Å²) in [6, 6.07) is 3.88. The third-order valence-corrected chi connectivity index (χ3v) is 3.37. The Morgan fingerprint density at radius 1 is 1.42 bits per heavy atom. The molecule has 0 fully saturated rings. The molecule has 0 atom stereocenters. The molecule has 0 spiro atoms. The Morgan fingerprint density at radius 3 is 2.33 bits per heavy atom. The third-order valence-electron chi connectivity index (χ3n) is 1.48. The minimum absolute atomic E-state index is 0.232. The van der Waals surface area contributed by atoms with E-state index in [1.54, 1.807) is 11.3 Å². The zero-order valence-corrected chi connectivity index (χ0v) is 10.3. The highest BCUT2D eigenvalue weighted by Crippen LogP contribution is 2.26. The van der Waals surface area contributed by atoms with Gasteiger partial charge in [-0.3, -0.25) is 4.79 Å². The van der Waals surface area contributed by atoms with Crippen LogP contribution in [0.1, 0.15) is 30.4 Å². The first-order valence-corrected chi connectivity index (χ1v) is 5.61. The van der Waals surface area contributed by atoms with Crippen molar-refractivity contribution >= 4 is 39.7 Å². The maximum Gasteiger partial charge on any atom is 0.178 e. The van der Waals surface area contributed by atoms with Crippen LogP contribution < -0.4 is 0 Å². The first-order valence-electron chi connectivity index (χ1n) is 3.71. The normalized spacial score (nSPS) is 11.7. The third kappa shape index (κ3) is 2.29. The van der Waals surface area contributed by atoms with Gasteiger partial charge in [0.15, 0.2) is 5.78 Å². The Labute approximate surface area is 90.3 Å². The molecule has 1 rings (SSSR count). The SMILES string of the molecule is CC(C)(C)C(=O)c1ccc(I)s1. The number of carbonyl (C=O) groups is 1. The van der Waals surface area contributed by atoms with Crippen molar-refractivity contribution in [2.24, 2.45) is 5.41 Å². The maximum absolute atomic E-state index is 11.7. The first-order chi connectivity index (χ1) is 5.41. The molecular weight excluding hydrogens is 283 g/mol. The summed E-state index contributed by atoms with van der Waals surface area (Å²) >= 11 is 3.79. The van der Waals surface area contributed by atoms with Crippen LogP contribution in [0.4, 0.5) is 0 Å². The summed E-state index contributed by atoms with van der Waals surface area (Å²) in [6.45, 7) is 5.84. The molecule has 0 radical (unpaired) electrons. The second-order valence-corrected chi connectivity index (χ2v) is 6.66. The summed E-state index contributed by atoms with van der Waals surface area (Å²) in [7, 11) is 0. The molecule has 1 aromatic heterocycles. The quantitative estimate of drug-likeness (QED) is 0.571. The number of Topliss-reactive ketones (excluding diaryl/α,β-unsaturated/α-hetero) is 1. The van der Waals surface area contributed by atoms with Gasteiger partial charge in [0.25, 0.3) is 0 Å². The fourth-order valence-corrected chi connectivity index (χ4v) is 2.58. The molecule has 0 aliphatic rings. The number of halogens is 1. The highest BCUT2D eigenvalue weighted by Gasteiger charge is 2.23. The molecule has 0 N–H and O–H groups in total. The molecule has 1 aromatic rings. The fraction of sp³-hybridized carbons (Fsp3) is 0.444. The van der Waals surface area contributed by atoms with Gasteiger partial charge in [0.05, 0.1) is 7.76 Å². The Balaban J connectivity index is 2.93. The maximum atomic E-state index is 11.7. The van der Waals surface area contributed by atoms with Crippen LogP contribution in [0, 0.1) is 8.30 Å². The van der Waals surface area contributed by atoms with Gasteiger partial charge in [-0.15, -0.1) is 11.3 Å². The number of carbonyl (C=O) groups excluding carboxylic acids is 1. The standard InChI is InChI=1S/C9H11IOS/c1-9(2,3)8(11)6-4-5-7(10)12-6/h4-5H,1-3H3. The molecule has 1 nitrogen and oxygen atoms in total. The number of ketones is 1. The molecule has 0 saturated carbocycles. The molecular formula is C9H11IOS. The summed E-state index contributed by atoms with van der Waals surface area (Å²) < 4.78 is 1.17. The van der Waals surface area contributed by atoms with Crippen molar-refractivity contribution in [1.82, 2.24) is 0 Å². The van der Waals surface area contributed by atoms with E-state index < -0.39 is 0 Å². The monoisotopic (exact) mass is 294 g/mol. The number of rotatable bonds is 1. The Bertz CT molecular complexity index is 296. The minimum Gasteiger partial charge on any atom is -0.293 e. The van der Waals surface area contributed by atoms with Gasteiger partial charge in [-0.25, -0.2) is 0 Å². The molecule has 1 heterocycles. The minimum atomic E-state index is -0.256.